The highest BCUT2D eigenvalue weighted by Gasteiger charge is 2.27. The Kier molecular flexibility index (Phi) is 7.36. The van der Waals surface area contributed by atoms with Crippen LogP contribution in [-0.4, -0.2) is 25.9 Å². The minimum absolute atomic E-state index is 0.389. The van der Waals surface area contributed by atoms with Gasteiger partial charge in [-0.2, -0.15) is 13.2 Å². The van der Waals surface area contributed by atoms with Crippen molar-refractivity contribution in [2.45, 2.75) is 39.4 Å². The molecule has 3 nitrogen and oxygen atoms in total. The lowest BCUT2D eigenvalue weighted by atomic mass is 10.2. The van der Waals surface area contributed by atoms with Gasteiger partial charge in [0.2, 0.25) is 0 Å². The lowest BCUT2D eigenvalue weighted by molar-refractivity contribution is -0.139. The van der Waals surface area contributed by atoms with E-state index in [9.17, 15) is 13.2 Å². The smallest absolute Gasteiger partial charge is 0.392 e. The number of ether oxygens (including phenoxy) is 2. The standard InChI is InChI=1S/C15H22F3NO2/c1-3-8-20-13-6-5-12(11-19-4-2)14(10-13)21-9-7-15(16,17)18/h5-6,10,19H,3-4,7-9,11H2,1-2H3. The summed E-state index contributed by atoms with van der Waals surface area (Å²) in [7, 11) is 0. The summed E-state index contributed by atoms with van der Waals surface area (Å²) in [4.78, 5) is 0. The number of alkyl halides is 3. The van der Waals surface area contributed by atoms with Crippen LogP contribution in [0.25, 0.3) is 0 Å². The summed E-state index contributed by atoms with van der Waals surface area (Å²) in [5.41, 5.74) is 0.822. The third-order valence-electron chi connectivity index (χ3n) is 2.72. The highest BCUT2D eigenvalue weighted by molar-refractivity contribution is 5.40. The summed E-state index contributed by atoms with van der Waals surface area (Å²) < 4.78 is 47.3. The lowest BCUT2D eigenvalue weighted by Crippen LogP contribution is -2.16. The average Bonchev–Trinajstić information content (AvgIpc) is 2.42. The van der Waals surface area contributed by atoms with E-state index in [1.165, 1.54) is 0 Å². The zero-order valence-corrected chi connectivity index (χ0v) is 12.4. The van der Waals surface area contributed by atoms with Crippen LogP contribution >= 0.6 is 0 Å². The molecule has 1 aromatic rings. The molecular weight excluding hydrogens is 283 g/mol. The van der Waals surface area contributed by atoms with Crippen LogP contribution in [0.4, 0.5) is 13.2 Å². The van der Waals surface area contributed by atoms with Crippen LogP contribution in [0.15, 0.2) is 18.2 Å². The SMILES string of the molecule is CCCOc1ccc(CNCC)c(OCCC(F)(F)F)c1. The van der Waals surface area contributed by atoms with Crippen LogP contribution in [0.5, 0.6) is 11.5 Å². The van der Waals surface area contributed by atoms with Gasteiger partial charge >= 0.3 is 6.18 Å². The summed E-state index contributed by atoms with van der Waals surface area (Å²) in [6, 6.07) is 5.27. The molecule has 0 aliphatic heterocycles. The van der Waals surface area contributed by atoms with E-state index in [0.717, 1.165) is 18.5 Å². The Labute approximate surface area is 123 Å². The number of hydrogen-bond donors (Lipinski definition) is 1. The largest absolute Gasteiger partial charge is 0.493 e. The molecule has 0 saturated carbocycles. The summed E-state index contributed by atoms with van der Waals surface area (Å²) in [6.45, 7) is 5.44. The van der Waals surface area contributed by atoms with Gasteiger partial charge in [-0.15, -0.1) is 0 Å². The number of nitrogens with one attached hydrogen (secondary N) is 1. The predicted molar refractivity (Wildman–Crippen MR) is 75.8 cm³/mol. The predicted octanol–water partition coefficient (Wildman–Crippen LogP) is 3.92. The summed E-state index contributed by atoms with van der Waals surface area (Å²) in [5, 5.41) is 3.13. The minimum atomic E-state index is -4.21. The Balaban J connectivity index is 2.73. The molecule has 0 aromatic heterocycles. The lowest BCUT2D eigenvalue weighted by Gasteiger charge is -2.15. The fraction of sp³-hybridized carbons (Fsp3) is 0.600. The molecular formula is C15H22F3NO2. The topological polar surface area (TPSA) is 30.5 Å². The second-order valence-corrected chi connectivity index (χ2v) is 4.61. The molecule has 21 heavy (non-hydrogen) atoms. The van der Waals surface area contributed by atoms with Crippen molar-refractivity contribution in [2.75, 3.05) is 19.8 Å². The van der Waals surface area contributed by atoms with Crippen molar-refractivity contribution >= 4 is 0 Å². The highest BCUT2D eigenvalue weighted by atomic mass is 19.4. The molecule has 120 valence electrons. The van der Waals surface area contributed by atoms with Crippen molar-refractivity contribution in [1.29, 1.82) is 0 Å². The molecule has 0 atom stereocenters. The van der Waals surface area contributed by atoms with E-state index in [1.807, 2.05) is 19.9 Å². The Hall–Kier alpha value is -1.43. The van der Waals surface area contributed by atoms with Gasteiger partial charge in [0, 0.05) is 18.2 Å². The van der Waals surface area contributed by atoms with Crippen molar-refractivity contribution in [3.05, 3.63) is 23.8 Å². The fourth-order valence-electron chi connectivity index (χ4n) is 1.66. The van der Waals surface area contributed by atoms with Crippen molar-refractivity contribution in [3.8, 4) is 11.5 Å². The number of benzene rings is 1. The van der Waals surface area contributed by atoms with E-state index in [0.29, 0.717) is 24.7 Å². The van der Waals surface area contributed by atoms with E-state index in [-0.39, 0.29) is 6.61 Å². The second kappa shape index (κ2) is 8.77. The van der Waals surface area contributed by atoms with Crippen LogP contribution in [0.1, 0.15) is 32.3 Å². The van der Waals surface area contributed by atoms with Gasteiger partial charge in [0.05, 0.1) is 19.6 Å². The van der Waals surface area contributed by atoms with Crippen molar-refractivity contribution < 1.29 is 22.6 Å². The Bertz CT molecular complexity index is 422. The summed E-state index contributed by atoms with van der Waals surface area (Å²) in [5.74, 6) is 1.05. The third kappa shape index (κ3) is 7.22. The Morgan fingerprint density at radius 3 is 2.48 bits per heavy atom. The zero-order valence-electron chi connectivity index (χ0n) is 12.4. The van der Waals surface area contributed by atoms with Crippen molar-refractivity contribution in [2.24, 2.45) is 0 Å². The summed E-state index contributed by atoms with van der Waals surface area (Å²) >= 11 is 0. The molecule has 1 aromatic carbocycles. The molecule has 0 radical (unpaired) electrons. The molecule has 1 rings (SSSR count). The molecule has 6 heteroatoms. The van der Waals surface area contributed by atoms with Gasteiger partial charge in [0.15, 0.2) is 0 Å². The molecule has 1 N–H and O–H groups in total. The molecule has 0 fully saturated rings. The van der Waals surface area contributed by atoms with Crippen molar-refractivity contribution in [3.63, 3.8) is 0 Å². The molecule has 0 saturated heterocycles. The molecule has 0 unspecified atom stereocenters. The van der Waals surface area contributed by atoms with E-state index < -0.39 is 12.6 Å². The van der Waals surface area contributed by atoms with Gasteiger partial charge in [-0.05, 0) is 19.0 Å². The molecule has 0 bridgehead atoms. The maximum absolute atomic E-state index is 12.2. The van der Waals surface area contributed by atoms with Crippen LogP contribution < -0.4 is 14.8 Å². The highest BCUT2D eigenvalue weighted by Crippen LogP contribution is 2.27. The molecule has 0 aliphatic carbocycles. The van der Waals surface area contributed by atoms with E-state index in [4.69, 9.17) is 9.47 Å². The second-order valence-electron chi connectivity index (χ2n) is 4.61. The Morgan fingerprint density at radius 2 is 1.86 bits per heavy atom. The first-order valence-corrected chi connectivity index (χ1v) is 7.12. The number of halogens is 3. The minimum Gasteiger partial charge on any atom is -0.493 e. The first-order valence-electron chi connectivity index (χ1n) is 7.12. The van der Waals surface area contributed by atoms with E-state index in [2.05, 4.69) is 5.32 Å². The molecule has 0 spiro atoms. The maximum Gasteiger partial charge on any atom is 0.392 e. The zero-order chi connectivity index (χ0) is 15.7. The quantitative estimate of drug-likeness (QED) is 0.750. The Morgan fingerprint density at radius 1 is 1.10 bits per heavy atom. The van der Waals surface area contributed by atoms with Crippen LogP contribution in [0.2, 0.25) is 0 Å². The van der Waals surface area contributed by atoms with Crippen molar-refractivity contribution in [1.82, 2.24) is 5.32 Å². The third-order valence-corrected chi connectivity index (χ3v) is 2.72. The first kappa shape index (κ1) is 17.6. The molecule has 0 heterocycles. The van der Waals surface area contributed by atoms with Crippen LogP contribution in [0, 0.1) is 0 Å². The number of hydrogen-bond acceptors (Lipinski definition) is 3. The monoisotopic (exact) mass is 305 g/mol. The van der Waals surface area contributed by atoms with Gasteiger partial charge in [0.1, 0.15) is 11.5 Å². The van der Waals surface area contributed by atoms with Gasteiger partial charge in [0.25, 0.3) is 0 Å². The van der Waals surface area contributed by atoms with Gasteiger partial charge in [-0.3, -0.25) is 0 Å². The first-order chi connectivity index (χ1) is 9.96. The van der Waals surface area contributed by atoms with E-state index in [1.54, 1.807) is 12.1 Å². The van der Waals surface area contributed by atoms with Crippen LogP contribution in [0.3, 0.4) is 0 Å². The molecule has 0 aliphatic rings. The molecule has 0 amide bonds. The number of rotatable bonds is 9. The van der Waals surface area contributed by atoms with Crippen LogP contribution in [-0.2, 0) is 6.54 Å². The summed E-state index contributed by atoms with van der Waals surface area (Å²) in [6.07, 6.45) is -4.31. The average molecular weight is 305 g/mol. The normalized spacial score (nSPS) is 11.5. The maximum atomic E-state index is 12.2. The van der Waals surface area contributed by atoms with Gasteiger partial charge in [-0.1, -0.05) is 19.9 Å². The van der Waals surface area contributed by atoms with Gasteiger partial charge in [-0.25, -0.2) is 0 Å². The van der Waals surface area contributed by atoms with E-state index >= 15 is 0 Å². The fourth-order valence-corrected chi connectivity index (χ4v) is 1.66. The van der Waals surface area contributed by atoms with Gasteiger partial charge < -0.3 is 14.8 Å².